The van der Waals surface area contributed by atoms with Gasteiger partial charge in [0.15, 0.2) is 0 Å². The molecule has 1 aromatic heterocycles. The predicted octanol–water partition coefficient (Wildman–Crippen LogP) is 2.64. The predicted molar refractivity (Wildman–Crippen MR) is 76.8 cm³/mol. The van der Waals surface area contributed by atoms with Crippen LogP contribution in [-0.4, -0.2) is 27.3 Å². The minimum atomic E-state index is 0.152. The number of rotatable bonds is 6. The van der Waals surface area contributed by atoms with Crippen molar-refractivity contribution in [3.8, 4) is 0 Å². The zero-order chi connectivity index (χ0) is 13.0. The molecule has 1 atom stereocenters. The van der Waals surface area contributed by atoms with Crippen LogP contribution in [-0.2, 0) is 13.5 Å². The molecule has 0 bridgehead atoms. The fourth-order valence-electron chi connectivity index (χ4n) is 1.68. The van der Waals surface area contributed by atoms with Gasteiger partial charge in [0.2, 0.25) is 0 Å². The number of hydrogen-bond acceptors (Lipinski definition) is 3. The maximum Gasteiger partial charge on any atom is 0.130 e. The Morgan fingerprint density at radius 1 is 1.41 bits per heavy atom. The summed E-state index contributed by atoms with van der Waals surface area (Å²) in [4.78, 5) is 0. The van der Waals surface area contributed by atoms with E-state index in [2.05, 4.69) is 18.9 Å². The van der Waals surface area contributed by atoms with Gasteiger partial charge in [-0.05, 0) is 25.0 Å². The maximum atomic E-state index is 6.18. The van der Waals surface area contributed by atoms with E-state index >= 15 is 0 Å². The molecule has 0 amide bonds. The summed E-state index contributed by atoms with van der Waals surface area (Å²) >= 11 is 8.09. The lowest BCUT2D eigenvalue weighted by atomic mass is 10.1. The molecule has 0 radical (unpaired) electrons. The Balaban J connectivity index is 2.47. The maximum absolute atomic E-state index is 6.18. The lowest BCUT2D eigenvalue weighted by Crippen LogP contribution is -2.26. The third-order valence-electron chi connectivity index (χ3n) is 2.52. The van der Waals surface area contributed by atoms with Crippen molar-refractivity contribution in [3.63, 3.8) is 0 Å². The first kappa shape index (κ1) is 14.9. The standard InChI is InChI=1S/C12H22ClN3S/c1-8(2)6-17-7-10(14)5-11-9(3)15-16(4)12(11)13/h8,10H,5-7,14H2,1-4H3. The van der Waals surface area contributed by atoms with Crippen LogP contribution in [0.2, 0.25) is 5.15 Å². The number of nitrogens with zero attached hydrogens (tertiary/aromatic N) is 2. The van der Waals surface area contributed by atoms with Gasteiger partial charge in [0, 0.05) is 24.4 Å². The Labute approximate surface area is 113 Å². The van der Waals surface area contributed by atoms with Crippen LogP contribution in [0, 0.1) is 12.8 Å². The molecular weight excluding hydrogens is 254 g/mol. The molecule has 0 spiro atoms. The van der Waals surface area contributed by atoms with Crippen molar-refractivity contribution in [2.75, 3.05) is 11.5 Å². The van der Waals surface area contributed by atoms with E-state index < -0.39 is 0 Å². The van der Waals surface area contributed by atoms with Crippen molar-refractivity contribution in [2.24, 2.45) is 18.7 Å². The first-order chi connectivity index (χ1) is 7.91. The third kappa shape index (κ3) is 4.53. The number of nitrogens with two attached hydrogens (primary N) is 1. The molecule has 1 unspecified atom stereocenters. The van der Waals surface area contributed by atoms with Gasteiger partial charge in [-0.1, -0.05) is 25.4 Å². The average Bonchev–Trinajstić information content (AvgIpc) is 2.44. The lowest BCUT2D eigenvalue weighted by Gasteiger charge is -2.12. The quantitative estimate of drug-likeness (QED) is 0.868. The summed E-state index contributed by atoms with van der Waals surface area (Å²) in [6.07, 6.45) is 0.809. The van der Waals surface area contributed by atoms with Crippen LogP contribution in [0.4, 0.5) is 0 Å². The highest BCUT2D eigenvalue weighted by Crippen LogP contribution is 2.21. The van der Waals surface area contributed by atoms with Crippen LogP contribution in [0.3, 0.4) is 0 Å². The topological polar surface area (TPSA) is 43.8 Å². The van der Waals surface area contributed by atoms with Crippen LogP contribution in [0.1, 0.15) is 25.1 Å². The molecule has 98 valence electrons. The summed E-state index contributed by atoms with van der Waals surface area (Å²) in [5.74, 6) is 2.85. The van der Waals surface area contributed by atoms with Gasteiger partial charge in [-0.25, -0.2) is 0 Å². The Hall–Kier alpha value is -0.190. The van der Waals surface area contributed by atoms with Gasteiger partial charge in [0.1, 0.15) is 5.15 Å². The summed E-state index contributed by atoms with van der Waals surface area (Å²) in [6, 6.07) is 0.152. The Morgan fingerprint density at radius 2 is 2.06 bits per heavy atom. The first-order valence-corrected chi connectivity index (χ1v) is 7.46. The van der Waals surface area contributed by atoms with E-state index in [0.29, 0.717) is 5.15 Å². The fraction of sp³-hybridized carbons (Fsp3) is 0.750. The van der Waals surface area contributed by atoms with E-state index in [1.165, 1.54) is 0 Å². The lowest BCUT2D eigenvalue weighted by molar-refractivity contribution is 0.729. The summed E-state index contributed by atoms with van der Waals surface area (Å²) in [5.41, 5.74) is 8.20. The number of hydrogen-bond donors (Lipinski definition) is 1. The summed E-state index contributed by atoms with van der Waals surface area (Å²) in [6.45, 7) is 6.43. The van der Waals surface area contributed by atoms with E-state index in [-0.39, 0.29) is 6.04 Å². The Kier molecular flexibility index (Phi) is 5.83. The SMILES string of the molecule is Cc1nn(C)c(Cl)c1CC(N)CSCC(C)C. The minimum Gasteiger partial charge on any atom is -0.327 e. The zero-order valence-electron chi connectivity index (χ0n) is 11.0. The molecule has 0 aliphatic rings. The van der Waals surface area contributed by atoms with Crippen molar-refractivity contribution in [1.82, 2.24) is 9.78 Å². The second kappa shape index (κ2) is 6.66. The van der Waals surface area contributed by atoms with E-state index in [1.54, 1.807) is 4.68 Å². The molecule has 0 saturated heterocycles. The van der Waals surface area contributed by atoms with Crippen molar-refractivity contribution in [2.45, 2.75) is 33.2 Å². The highest BCUT2D eigenvalue weighted by Gasteiger charge is 2.14. The summed E-state index contributed by atoms with van der Waals surface area (Å²) < 4.78 is 1.71. The van der Waals surface area contributed by atoms with Gasteiger partial charge in [-0.2, -0.15) is 16.9 Å². The molecule has 1 rings (SSSR count). The molecule has 5 heteroatoms. The van der Waals surface area contributed by atoms with Gasteiger partial charge in [-0.15, -0.1) is 0 Å². The second-order valence-electron chi connectivity index (χ2n) is 4.87. The van der Waals surface area contributed by atoms with Crippen LogP contribution >= 0.6 is 23.4 Å². The molecule has 2 N–H and O–H groups in total. The highest BCUT2D eigenvalue weighted by atomic mass is 35.5. The molecule has 3 nitrogen and oxygen atoms in total. The largest absolute Gasteiger partial charge is 0.327 e. The van der Waals surface area contributed by atoms with Crippen molar-refractivity contribution < 1.29 is 0 Å². The third-order valence-corrected chi connectivity index (χ3v) is 4.56. The van der Waals surface area contributed by atoms with E-state index in [4.69, 9.17) is 17.3 Å². The monoisotopic (exact) mass is 275 g/mol. The Bertz CT molecular complexity index is 363. The molecule has 0 aliphatic carbocycles. The van der Waals surface area contributed by atoms with Gasteiger partial charge >= 0.3 is 0 Å². The highest BCUT2D eigenvalue weighted by molar-refractivity contribution is 7.99. The molecule has 1 aromatic rings. The number of aromatic nitrogens is 2. The van der Waals surface area contributed by atoms with Crippen molar-refractivity contribution in [3.05, 3.63) is 16.4 Å². The van der Waals surface area contributed by atoms with Crippen LogP contribution in [0.25, 0.3) is 0 Å². The second-order valence-corrected chi connectivity index (χ2v) is 6.31. The van der Waals surface area contributed by atoms with E-state index in [1.807, 2.05) is 25.7 Å². The molecule has 0 aromatic carbocycles. The van der Waals surface area contributed by atoms with Crippen molar-refractivity contribution in [1.29, 1.82) is 0 Å². The van der Waals surface area contributed by atoms with Crippen LogP contribution in [0.15, 0.2) is 0 Å². The molecule has 0 fully saturated rings. The van der Waals surface area contributed by atoms with Crippen LogP contribution in [0.5, 0.6) is 0 Å². The number of halogens is 1. The fourth-order valence-corrected chi connectivity index (χ4v) is 2.96. The Morgan fingerprint density at radius 3 is 2.53 bits per heavy atom. The summed E-state index contributed by atoms with van der Waals surface area (Å²) in [5, 5.41) is 5.01. The molecule has 0 aliphatic heterocycles. The normalized spacial score (nSPS) is 13.4. The van der Waals surface area contributed by atoms with Gasteiger partial charge in [0.25, 0.3) is 0 Å². The van der Waals surface area contributed by atoms with Crippen LogP contribution < -0.4 is 5.73 Å². The van der Waals surface area contributed by atoms with Gasteiger partial charge < -0.3 is 5.73 Å². The molecular formula is C12H22ClN3S. The average molecular weight is 276 g/mol. The molecule has 17 heavy (non-hydrogen) atoms. The van der Waals surface area contributed by atoms with Gasteiger partial charge in [0.05, 0.1) is 5.69 Å². The minimum absolute atomic E-state index is 0.152. The van der Waals surface area contributed by atoms with Gasteiger partial charge in [-0.3, -0.25) is 4.68 Å². The smallest absolute Gasteiger partial charge is 0.130 e. The number of thioether (sulfide) groups is 1. The van der Waals surface area contributed by atoms with E-state index in [9.17, 15) is 0 Å². The molecule has 0 saturated carbocycles. The zero-order valence-corrected chi connectivity index (χ0v) is 12.6. The number of aryl methyl sites for hydroxylation is 2. The molecule has 1 heterocycles. The van der Waals surface area contributed by atoms with E-state index in [0.717, 1.165) is 35.1 Å². The summed E-state index contributed by atoms with van der Waals surface area (Å²) in [7, 11) is 1.86. The van der Waals surface area contributed by atoms with Crippen molar-refractivity contribution >= 4 is 23.4 Å². The first-order valence-electron chi connectivity index (χ1n) is 5.93.